The second-order valence-electron chi connectivity index (χ2n) is 5.02. The van der Waals surface area contributed by atoms with Crippen LogP contribution in [0.4, 0.5) is 18.0 Å². The molecule has 22 heavy (non-hydrogen) atoms. The number of carboxylic acid groups (broad SMARTS) is 1. The van der Waals surface area contributed by atoms with Crippen molar-refractivity contribution in [2.45, 2.75) is 25.2 Å². The van der Waals surface area contributed by atoms with Crippen molar-refractivity contribution < 1.29 is 32.6 Å². The van der Waals surface area contributed by atoms with Crippen molar-refractivity contribution in [3.63, 3.8) is 0 Å². The minimum Gasteiger partial charge on any atom is -0.481 e. The van der Waals surface area contributed by atoms with Crippen molar-refractivity contribution in [2.75, 3.05) is 6.54 Å². The summed E-state index contributed by atoms with van der Waals surface area (Å²) in [5, 5.41) is 8.86. The smallest absolute Gasteiger partial charge is 0.410 e. The van der Waals surface area contributed by atoms with Gasteiger partial charge in [0.05, 0.1) is 5.92 Å². The number of hydrogen-bond donors (Lipinski definition) is 1. The molecular formula is C14H14F3NO4. The van der Waals surface area contributed by atoms with Gasteiger partial charge in [-0.1, -0.05) is 30.3 Å². The molecule has 2 atom stereocenters. The number of carbonyl (C=O) groups excluding carboxylic acids is 1. The van der Waals surface area contributed by atoms with Gasteiger partial charge in [0.1, 0.15) is 12.6 Å². The van der Waals surface area contributed by atoms with Crippen LogP contribution < -0.4 is 0 Å². The van der Waals surface area contributed by atoms with E-state index in [1.807, 2.05) is 0 Å². The first-order chi connectivity index (χ1) is 10.3. The summed E-state index contributed by atoms with van der Waals surface area (Å²) in [7, 11) is 0. The summed E-state index contributed by atoms with van der Waals surface area (Å²) in [6.45, 7) is -0.675. The largest absolute Gasteiger partial charge is 0.481 e. The Hall–Kier alpha value is -2.25. The van der Waals surface area contributed by atoms with Crippen molar-refractivity contribution in [3.8, 4) is 0 Å². The van der Waals surface area contributed by atoms with Crippen molar-refractivity contribution in [1.29, 1.82) is 0 Å². The maximum Gasteiger partial charge on any atom is 0.410 e. The number of carbonyl (C=O) groups is 2. The third-order valence-corrected chi connectivity index (χ3v) is 3.47. The molecule has 0 radical (unpaired) electrons. The summed E-state index contributed by atoms with van der Waals surface area (Å²) in [5.74, 6) is -2.59. The van der Waals surface area contributed by atoms with Crippen molar-refractivity contribution in [1.82, 2.24) is 4.90 Å². The number of aliphatic carboxylic acids is 1. The van der Waals surface area contributed by atoms with Gasteiger partial charge in [-0.3, -0.25) is 9.69 Å². The Labute approximate surface area is 124 Å². The van der Waals surface area contributed by atoms with E-state index in [9.17, 15) is 22.8 Å². The molecule has 5 nitrogen and oxygen atoms in total. The number of benzene rings is 1. The van der Waals surface area contributed by atoms with E-state index in [2.05, 4.69) is 0 Å². The number of alkyl halides is 3. The SMILES string of the molecule is O=C(O)[C@@H]1C[C@H](C(F)(F)F)N(C(=O)OCc2ccccc2)C1. The van der Waals surface area contributed by atoms with Gasteiger partial charge in [-0.05, 0) is 12.0 Å². The highest BCUT2D eigenvalue weighted by molar-refractivity contribution is 5.74. The lowest BCUT2D eigenvalue weighted by Gasteiger charge is -2.25. The Morgan fingerprint density at radius 1 is 1.27 bits per heavy atom. The predicted molar refractivity (Wildman–Crippen MR) is 68.9 cm³/mol. The number of halogens is 3. The Balaban J connectivity index is 2.04. The van der Waals surface area contributed by atoms with E-state index >= 15 is 0 Å². The van der Waals surface area contributed by atoms with Crippen LogP contribution >= 0.6 is 0 Å². The number of amides is 1. The summed E-state index contributed by atoms with van der Waals surface area (Å²) in [4.78, 5) is 23.2. The molecule has 0 aliphatic carbocycles. The standard InChI is InChI=1S/C14H14F3NO4/c15-14(16,17)11-6-10(12(19)20)7-18(11)13(21)22-8-9-4-2-1-3-5-9/h1-5,10-11H,6-8H2,(H,19,20)/t10-,11-/m1/s1. The number of carboxylic acids is 1. The van der Waals surface area contributed by atoms with Crippen molar-refractivity contribution in [3.05, 3.63) is 35.9 Å². The second kappa shape index (κ2) is 6.25. The first-order valence-electron chi connectivity index (χ1n) is 6.56. The number of hydrogen-bond acceptors (Lipinski definition) is 3. The quantitative estimate of drug-likeness (QED) is 0.931. The van der Waals surface area contributed by atoms with Gasteiger partial charge in [-0.15, -0.1) is 0 Å². The third-order valence-electron chi connectivity index (χ3n) is 3.47. The fourth-order valence-electron chi connectivity index (χ4n) is 2.33. The Kier molecular flexibility index (Phi) is 4.58. The molecule has 0 bridgehead atoms. The lowest BCUT2D eigenvalue weighted by atomic mass is 10.1. The molecule has 1 aliphatic heterocycles. The summed E-state index contributed by atoms with van der Waals surface area (Å²) in [5.41, 5.74) is 0.633. The van der Waals surface area contributed by atoms with Crippen LogP contribution in [0.5, 0.6) is 0 Å². The van der Waals surface area contributed by atoms with Crippen molar-refractivity contribution >= 4 is 12.1 Å². The molecule has 120 valence electrons. The normalized spacial score (nSPS) is 21.7. The Morgan fingerprint density at radius 2 is 1.91 bits per heavy atom. The third kappa shape index (κ3) is 3.69. The zero-order valence-electron chi connectivity index (χ0n) is 11.4. The summed E-state index contributed by atoms with van der Waals surface area (Å²) in [6, 6.07) is 6.37. The molecule has 8 heteroatoms. The number of likely N-dealkylation sites (tertiary alicyclic amines) is 1. The fourth-order valence-corrected chi connectivity index (χ4v) is 2.33. The Morgan fingerprint density at radius 3 is 2.45 bits per heavy atom. The number of nitrogens with zero attached hydrogens (tertiary/aromatic N) is 1. The molecule has 2 rings (SSSR count). The fraction of sp³-hybridized carbons (Fsp3) is 0.429. The van der Waals surface area contributed by atoms with E-state index in [1.54, 1.807) is 30.3 Å². The van der Waals surface area contributed by atoms with E-state index in [0.29, 0.717) is 10.5 Å². The van der Waals surface area contributed by atoms with E-state index in [-0.39, 0.29) is 6.61 Å². The molecule has 0 unspecified atom stereocenters. The average molecular weight is 317 g/mol. The van der Waals surface area contributed by atoms with Crippen LogP contribution in [0.2, 0.25) is 0 Å². The van der Waals surface area contributed by atoms with Gasteiger partial charge in [-0.2, -0.15) is 13.2 Å². The van der Waals surface area contributed by atoms with Crippen molar-refractivity contribution in [2.24, 2.45) is 5.92 Å². The maximum absolute atomic E-state index is 12.9. The minimum atomic E-state index is -4.68. The highest BCUT2D eigenvalue weighted by Gasteiger charge is 2.53. The Bertz CT molecular complexity index is 547. The molecule has 1 aromatic rings. The molecule has 1 heterocycles. The van der Waals surface area contributed by atoms with Gasteiger partial charge in [0.25, 0.3) is 0 Å². The highest BCUT2D eigenvalue weighted by Crippen LogP contribution is 2.35. The van der Waals surface area contributed by atoms with E-state index in [1.165, 1.54) is 0 Å². The second-order valence-corrected chi connectivity index (χ2v) is 5.02. The van der Waals surface area contributed by atoms with Crippen LogP contribution in [0.1, 0.15) is 12.0 Å². The van der Waals surface area contributed by atoms with E-state index in [0.717, 1.165) is 0 Å². The van der Waals surface area contributed by atoms with Crippen LogP contribution in [0.25, 0.3) is 0 Å². The van der Waals surface area contributed by atoms with Gasteiger partial charge in [0.15, 0.2) is 0 Å². The molecule has 1 aromatic carbocycles. The number of rotatable bonds is 3. The molecular weight excluding hydrogens is 303 g/mol. The minimum absolute atomic E-state index is 0.168. The summed E-state index contributed by atoms with van der Waals surface area (Å²) in [6.07, 6.45) is -6.50. The molecule has 1 amide bonds. The van der Waals surface area contributed by atoms with Crippen LogP contribution in [-0.2, 0) is 16.1 Å². The van der Waals surface area contributed by atoms with Crippen LogP contribution in [-0.4, -0.2) is 40.8 Å². The lowest BCUT2D eigenvalue weighted by Crippen LogP contribution is -2.44. The summed E-state index contributed by atoms with van der Waals surface area (Å²) >= 11 is 0. The zero-order chi connectivity index (χ0) is 16.3. The molecule has 1 saturated heterocycles. The first kappa shape index (κ1) is 16.1. The molecule has 0 saturated carbocycles. The summed E-state index contributed by atoms with van der Waals surface area (Å²) < 4.78 is 43.6. The van der Waals surface area contributed by atoms with Crippen LogP contribution in [0, 0.1) is 5.92 Å². The molecule has 1 N–H and O–H groups in total. The van der Waals surface area contributed by atoms with Crippen LogP contribution in [0.3, 0.4) is 0 Å². The van der Waals surface area contributed by atoms with Gasteiger partial charge < -0.3 is 9.84 Å². The zero-order valence-corrected chi connectivity index (χ0v) is 11.4. The molecule has 1 fully saturated rings. The molecule has 0 spiro atoms. The molecule has 1 aliphatic rings. The molecule has 0 aromatic heterocycles. The van der Waals surface area contributed by atoms with Gasteiger partial charge >= 0.3 is 18.2 Å². The topological polar surface area (TPSA) is 66.8 Å². The first-order valence-corrected chi connectivity index (χ1v) is 6.56. The predicted octanol–water partition coefficient (Wildman–Crippen LogP) is 2.66. The van der Waals surface area contributed by atoms with E-state index in [4.69, 9.17) is 9.84 Å². The van der Waals surface area contributed by atoms with Gasteiger partial charge in [0.2, 0.25) is 0 Å². The van der Waals surface area contributed by atoms with Gasteiger partial charge in [0, 0.05) is 6.54 Å². The monoisotopic (exact) mass is 317 g/mol. The number of ether oxygens (including phenoxy) is 1. The lowest BCUT2D eigenvalue weighted by molar-refractivity contribution is -0.172. The average Bonchev–Trinajstić information content (AvgIpc) is 2.91. The van der Waals surface area contributed by atoms with Gasteiger partial charge in [-0.25, -0.2) is 4.79 Å². The highest BCUT2D eigenvalue weighted by atomic mass is 19.4. The van der Waals surface area contributed by atoms with E-state index < -0.39 is 43.2 Å². The van der Waals surface area contributed by atoms with Crippen LogP contribution in [0.15, 0.2) is 30.3 Å². The maximum atomic E-state index is 12.9.